The Morgan fingerprint density at radius 2 is 2.18 bits per heavy atom. The van der Waals surface area contributed by atoms with Crippen LogP contribution in [0.25, 0.3) is 0 Å². The van der Waals surface area contributed by atoms with E-state index in [0.29, 0.717) is 18.1 Å². The smallest absolute Gasteiger partial charge is 0.223 e. The molecular formula is C12H13ClN2O2. The van der Waals surface area contributed by atoms with E-state index in [9.17, 15) is 9.59 Å². The molecule has 1 aromatic rings. The molecule has 2 amide bonds. The lowest BCUT2D eigenvalue weighted by atomic mass is 10.1. The molecule has 0 radical (unpaired) electrons. The molecule has 0 aromatic heterocycles. The number of amides is 2. The van der Waals surface area contributed by atoms with Gasteiger partial charge in [0.05, 0.1) is 5.92 Å². The molecule has 0 saturated carbocycles. The van der Waals surface area contributed by atoms with Gasteiger partial charge >= 0.3 is 0 Å². The number of hydrogen-bond donors (Lipinski definition) is 1. The summed E-state index contributed by atoms with van der Waals surface area (Å²) in [7, 11) is 0. The number of hydrogen-bond acceptors (Lipinski definition) is 2. The Morgan fingerprint density at radius 3 is 2.76 bits per heavy atom. The van der Waals surface area contributed by atoms with Crippen molar-refractivity contribution in [2.24, 2.45) is 11.7 Å². The highest BCUT2D eigenvalue weighted by molar-refractivity contribution is 6.31. The minimum atomic E-state index is -0.417. The molecule has 1 aliphatic heterocycles. The van der Waals surface area contributed by atoms with Crippen molar-refractivity contribution in [3.8, 4) is 0 Å². The zero-order valence-corrected chi connectivity index (χ0v) is 9.98. The lowest BCUT2D eigenvalue weighted by Gasteiger charge is -2.16. The molecule has 2 rings (SSSR count). The van der Waals surface area contributed by atoms with Gasteiger partial charge in [-0.25, -0.2) is 0 Å². The second-order valence-electron chi connectivity index (χ2n) is 4.17. The van der Waals surface area contributed by atoms with Crippen LogP contribution in [0.2, 0.25) is 5.02 Å². The van der Waals surface area contributed by atoms with Crippen LogP contribution in [0.4, 0.5) is 0 Å². The third kappa shape index (κ3) is 2.58. The van der Waals surface area contributed by atoms with E-state index in [1.807, 2.05) is 18.2 Å². The Kier molecular flexibility index (Phi) is 3.33. The summed E-state index contributed by atoms with van der Waals surface area (Å²) in [4.78, 5) is 24.3. The SMILES string of the molecule is NC(=O)[C@@H]1CC(=O)N(Cc2ccccc2Cl)C1. The van der Waals surface area contributed by atoms with Gasteiger partial charge in [-0.15, -0.1) is 0 Å². The van der Waals surface area contributed by atoms with Crippen molar-refractivity contribution >= 4 is 23.4 Å². The number of rotatable bonds is 3. The van der Waals surface area contributed by atoms with Gasteiger partial charge in [-0.1, -0.05) is 29.8 Å². The van der Waals surface area contributed by atoms with Crippen molar-refractivity contribution in [3.63, 3.8) is 0 Å². The molecule has 1 saturated heterocycles. The van der Waals surface area contributed by atoms with Crippen LogP contribution in [-0.4, -0.2) is 23.3 Å². The first-order chi connectivity index (χ1) is 8.08. The van der Waals surface area contributed by atoms with Crippen LogP contribution in [0, 0.1) is 5.92 Å². The monoisotopic (exact) mass is 252 g/mol. The topological polar surface area (TPSA) is 63.4 Å². The minimum Gasteiger partial charge on any atom is -0.369 e. The van der Waals surface area contributed by atoms with Crippen LogP contribution < -0.4 is 5.73 Å². The second-order valence-corrected chi connectivity index (χ2v) is 4.58. The maximum atomic E-state index is 11.7. The van der Waals surface area contributed by atoms with Gasteiger partial charge in [0.1, 0.15) is 0 Å². The zero-order chi connectivity index (χ0) is 12.4. The van der Waals surface area contributed by atoms with Crippen LogP contribution in [0.15, 0.2) is 24.3 Å². The largest absolute Gasteiger partial charge is 0.369 e. The Hall–Kier alpha value is -1.55. The average molecular weight is 253 g/mol. The molecule has 4 nitrogen and oxygen atoms in total. The number of benzene rings is 1. The third-order valence-electron chi connectivity index (χ3n) is 2.94. The van der Waals surface area contributed by atoms with Crippen LogP contribution >= 0.6 is 11.6 Å². The van der Waals surface area contributed by atoms with E-state index in [-0.39, 0.29) is 18.2 Å². The molecule has 0 bridgehead atoms. The number of likely N-dealkylation sites (tertiary alicyclic amines) is 1. The Labute approximate surface area is 104 Å². The molecule has 1 fully saturated rings. The average Bonchev–Trinajstić information content (AvgIpc) is 2.64. The fourth-order valence-electron chi connectivity index (χ4n) is 1.95. The predicted octanol–water partition coefficient (Wildman–Crippen LogP) is 1.17. The number of nitrogens with zero attached hydrogens (tertiary/aromatic N) is 1. The number of halogens is 1. The molecule has 5 heteroatoms. The second kappa shape index (κ2) is 4.75. The molecule has 2 N–H and O–H groups in total. The van der Waals surface area contributed by atoms with E-state index in [0.717, 1.165) is 5.56 Å². The fraction of sp³-hybridized carbons (Fsp3) is 0.333. The molecule has 17 heavy (non-hydrogen) atoms. The van der Waals surface area contributed by atoms with Crippen molar-refractivity contribution in [1.82, 2.24) is 4.90 Å². The van der Waals surface area contributed by atoms with Crippen LogP contribution in [0.3, 0.4) is 0 Å². The van der Waals surface area contributed by atoms with Crippen molar-refractivity contribution in [3.05, 3.63) is 34.9 Å². The van der Waals surface area contributed by atoms with E-state index >= 15 is 0 Å². The van der Waals surface area contributed by atoms with E-state index < -0.39 is 5.91 Å². The summed E-state index contributed by atoms with van der Waals surface area (Å²) in [5.74, 6) is -0.835. The summed E-state index contributed by atoms with van der Waals surface area (Å²) in [6.45, 7) is 0.821. The molecule has 1 atom stereocenters. The number of carbonyl (C=O) groups is 2. The highest BCUT2D eigenvalue weighted by Gasteiger charge is 2.33. The molecule has 0 unspecified atom stereocenters. The van der Waals surface area contributed by atoms with Gasteiger partial charge in [-0.2, -0.15) is 0 Å². The van der Waals surface area contributed by atoms with Crippen LogP contribution in [-0.2, 0) is 16.1 Å². The molecule has 0 spiro atoms. The van der Waals surface area contributed by atoms with E-state index in [1.54, 1.807) is 11.0 Å². The van der Waals surface area contributed by atoms with Gasteiger partial charge < -0.3 is 10.6 Å². The predicted molar refractivity (Wildman–Crippen MR) is 64.2 cm³/mol. The summed E-state index contributed by atoms with van der Waals surface area (Å²) in [6.07, 6.45) is 0.208. The third-order valence-corrected chi connectivity index (χ3v) is 3.30. The molecule has 90 valence electrons. The first-order valence-corrected chi connectivity index (χ1v) is 5.76. The number of nitrogens with two attached hydrogens (primary N) is 1. The van der Waals surface area contributed by atoms with Gasteiger partial charge in [0, 0.05) is 24.5 Å². The van der Waals surface area contributed by atoms with Gasteiger partial charge in [-0.05, 0) is 11.6 Å². The first-order valence-electron chi connectivity index (χ1n) is 5.38. The maximum absolute atomic E-state index is 11.7. The van der Waals surface area contributed by atoms with Gasteiger partial charge in [0.25, 0.3) is 0 Å². The lowest BCUT2D eigenvalue weighted by Crippen LogP contribution is -2.28. The summed E-state index contributed by atoms with van der Waals surface area (Å²) < 4.78 is 0. The number of primary amides is 1. The Balaban J connectivity index is 2.08. The zero-order valence-electron chi connectivity index (χ0n) is 9.23. The summed E-state index contributed by atoms with van der Waals surface area (Å²) in [5.41, 5.74) is 6.08. The van der Waals surface area contributed by atoms with Crippen molar-refractivity contribution in [1.29, 1.82) is 0 Å². The summed E-state index contributed by atoms with van der Waals surface area (Å²) >= 11 is 6.02. The van der Waals surface area contributed by atoms with Crippen LogP contribution in [0.5, 0.6) is 0 Å². The maximum Gasteiger partial charge on any atom is 0.223 e. The fourth-order valence-corrected chi connectivity index (χ4v) is 2.14. The van der Waals surface area contributed by atoms with Gasteiger partial charge in [0.2, 0.25) is 11.8 Å². The van der Waals surface area contributed by atoms with Crippen molar-refractivity contribution in [2.45, 2.75) is 13.0 Å². The molecule has 1 aliphatic rings. The highest BCUT2D eigenvalue weighted by Crippen LogP contribution is 2.23. The standard InChI is InChI=1S/C12H13ClN2O2/c13-10-4-2-1-3-8(10)6-15-7-9(12(14)17)5-11(15)16/h1-4,9H,5-7H2,(H2,14,17)/t9-/m1/s1. The molecule has 1 heterocycles. The van der Waals surface area contributed by atoms with E-state index in [2.05, 4.69) is 0 Å². The van der Waals surface area contributed by atoms with E-state index in [4.69, 9.17) is 17.3 Å². The minimum absolute atomic E-state index is 0.0475. The first kappa shape index (κ1) is 11.9. The lowest BCUT2D eigenvalue weighted by molar-refractivity contribution is -0.128. The Bertz CT molecular complexity index is 462. The quantitative estimate of drug-likeness (QED) is 0.878. The molecule has 1 aromatic carbocycles. The molecule has 0 aliphatic carbocycles. The summed E-state index contributed by atoms with van der Waals surface area (Å²) in [5, 5.41) is 0.628. The van der Waals surface area contributed by atoms with Crippen LogP contribution in [0.1, 0.15) is 12.0 Å². The highest BCUT2D eigenvalue weighted by atomic mass is 35.5. The molecular weight excluding hydrogens is 240 g/mol. The number of carbonyl (C=O) groups excluding carboxylic acids is 2. The van der Waals surface area contributed by atoms with E-state index in [1.165, 1.54) is 0 Å². The van der Waals surface area contributed by atoms with Gasteiger partial charge in [-0.3, -0.25) is 9.59 Å². The van der Waals surface area contributed by atoms with Crippen molar-refractivity contribution in [2.75, 3.05) is 6.54 Å². The Morgan fingerprint density at radius 1 is 1.47 bits per heavy atom. The summed E-state index contributed by atoms with van der Waals surface area (Å²) in [6, 6.07) is 7.35. The normalized spacial score (nSPS) is 19.7. The van der Waals surface area contributed by atoms with Crippen molar-refractivity contribution < 1.29 is 9.59 Å². The van der Waals surface area contributed by atoms with Gasteiger partial charge in [0.15, 0.2) is 0 Å².